The molecular formula is C40H35ClF7N5O5S. The third-order valence-corrected chi connectivity index (χ3v) is 11.3. The van der Waals surface area contributed by atoms with Crippen molar-refractivity contribution < 1.29 is 53.8 Å². The summed E-state index contributed by atoms with van der Waals surface area (Å²) in [5.74, 6) is -5.06. The summed E-state index contributed by atoms with van der Waals surface area (Å²) in [6, 6.07) is 7.20. The van der Waals surface area contributed by atoms with Crippen molar-refractivity contribution in [3.05, 3.63) is 92.7 Å². The van der Waals surface area contributed by atoms with E-state index in [-0.39, 0.29) is 57.2 Å². The molecule has 312 valence electrons. The number of hydrogen-bond acceptors (Lipinski definition) is 8. The number of halogens is 8. The number of pyridine rings is 1. The second-order valence-electron chi connectivity index (χ2n) is 15.5. The number of hydrogen-bond donors (Lipinski definition) is 1. The smallest absolute Gasteiger partial charge is 0.435 e. The van der Waals surface area contributed by atoms with Gasteiger partial charge in [-0.3, -0.25) is 14.2 Å². The highest BCUT2D eigenvalue weighted by Gasteiger charge is 2.68. The third-order valence-electron chi connectivity index (χ3n) is 10.2. The molecule has 0 saturated heterocycles. The zero-order valence-electron chi connectivity index (χ0n) is 32.0. The Bertz CT molecular complexity index is 2710. The number of sulfone groups is 1. The van der Waals surface area contributed by atoms with Crippen molar-refractivity contribution in [2.75, 3.05) is 13.4 Å². The van der Waals surface area contributed by atoms with Crippen LogP contribution >= 0.6 is 11.6 Å². The molecule has 3 atom stereocenters. The molecule has 0 amide bonds. The molecule has 1 saturated carbocycles. The average Bonchev–Trinajstić information content (AvgIpc) is 3.64. The third kappa shape index (κ3) is 8.29. The second-order valence-corrected chi connectivity index (χ2v) is 18.0. The minimum absolute atomic E-state index is 0.0339. The summed E-state index contributed by atoms with van der Waals surface area (Å²) in [4.78, 5) is 18.9. The number of alkyl halides is 5. The predicted octanol–water partition coefficient (Wildman–Crippen LogP) is 7.65. The van der Waals surface area contributed by atoms with E-state index in [4.69, 9.17) is 21.3 Å². The number of ether oxygens (including phenoxy) is 1. The fraction of sp³-hybridized carbons (Fsp3) is 0.400. The van der Waals surface area contributed by atoms with E-state index in [0.29, 0.717) is 21.8 Å². The van der Waals surface area contributed by atoms with Crippen molar-refractivity contribution in [3.63, 3.8) is 0 Å². The van der Waals surface area contributed by atoms with Gasteiger partial charge in [-0.05, 0) is 68.4 Å². The first-order valence-electron chi connectivity index (χ1n) is 18.1. The molecule has 2 aromatic carbocycles. The van der Waals surface area contributed by atoms with Crippen LogP contribution in [0.2, 0.25) is 5.02 Å². The highest BCUT2D eigenvalue weighted by molar-refractivity contribution is 7.89. The second kappa shape index (κ2) is 14.6. The Morgan fingerprint density at radius 1 is 1.10 bits per heavy atom. The van der Waals surface area contributed by atoms with E-state index in [1.807, 2.05) is 0 Å². The molecule has 0 radical (unpaired) electrons. The molecule has 3 aromatic heterocycles. The lowest BCUT2D eigenvalue weighted by molar-refractivity contribution is -0.142. The SMILES string of the molecule is COc1cc(-c2ccc(Cl)c3c(CS(C)(=O)=O)nn(C)c23)c([C@@H](CC(=O)Cn2nc(C(F)(F)F)c3c2C(F)(F)[C@@H]2C[C@H]32)Cc2cc(F)cc(F)c2)nc1C#CC(C)(C)O. The van der Waals surface area contributed by atoms with Gasteiger partial charge in [0.05, 0.1) is 34.8 Å². The van der Waals surface area contributed by atoms with Gasteiger partial charge in [0.25, 0.3) is 5.92 Å². The zero-order chi connectivity index (χ0) is 43.1. The number of methoxy groups -OCH3 is 1. The van der Waals surface area contributed by atoms with Crippen LogP contribution in [0.3, 0.4) is 0 Å². The van der Waals surface area contributed by atoms with Crippen LogP contribution in [0, 0.1) is 29.4 Å². The van der Waals surface area contributed by atoms with E-state index in [1.165, 1.54) is 44.8 Å². The normalized spacial score (nSPS) is 17.7. The molecule has 0 bridgehead atoms. The summed E-state index contributed by atoms with van der Waals surface area (Å²) in [7, 11) is -0.771. The van der Waals surface area contributed by atoms with Crippen LogP contribution in [-0.2, 0) is 52.5 Å². The van der Waals surface area contributed by atoms with Crippen molar-refractivity contribution in [2.45, 2.75) is 74.9 Å². The van der Waals surface area contributed by atoms with Gasteiger partial charge in [-0.2, -0.15) is 32.1 Å². The molecular weight excluding hydrogens is 831 g/mol. The molecule has 1 N–H and O–H groups in total. The Hall–Kier alpha value is -4.99. The molecule has 3 heterocycles. The molecule has 2 aliphatic carbocycles. The molecule has 19 heteroatoms. The van der Waals surface area contributed by atoms with Crippen LogP contribution in [-0.4, -0.2) is 62.8 Å². The molecule has 59 heavy (non-hydrogen) atoms. The summed E-state index contributed by atoms with van der Waals surface area (Å²) >= 11 is 6.64. The summed E-state index contributed by atoms with van der Waals surface area (Å²) in [5, 5.41) is 18.8. The molecule has 0 unspecified atom stereocenters. The fourth-order valence-electron chi connectivity index (χ4n) is 7.90. The number of fused-ring (bicyclic) bond motifs is 4. The highest BCUT2D eigenvalue weighted by Crippen LogP contribution is 2.68. The fourth-order valence-corrected chi connectivity index (χ4v) is 8.86. The van der Waals surface area contributed by atoms with Crippen molar-refractivity contribution in [2.24, 2.45) is 13.0 Å². The van der Waals surface area contributed by atoms with E-state index < -0.39 is 98.4 Å². The van der Waals surface area contributed by atoms with E-state index in [2.05, 4.69) is 22.0 Å². The predicted molar refractivity (Wildman–Crippen MR) is 202 cm³/mol. The minimum atomic E-state index is -5.07. The maximum absolute atomic E-state index is 15.5. The molecule has 1 fully saturated rings. The van der Waals surface area contributed by atoms with Crippen LogP contribution in [0.4, 0.5) is 30.7 Å². The van der Waals surface area contributed by atoms with Gasteiger partial charge in [0.1, 0.15) is 29.5 Å². The van der Waals surface area contributed by atoms with E-state index in [1.54, 1.807) is 6.07 Å². The van der Waals surface area contributed by atoms with Gasteiger partial charge < -0.3 is 9.84 Å². The maximum atomic E-state index is 15.5. The number of aromatic nitrogens is 5. The van der Waals surface area contributed by atoms with Gasteiger partial charge in [-0.25, -0.2) is 22.2 Å². The first kappa shape index (κ1) is 42.1. The minimum Gasteiger partial charge on any atom is -0.494 e. The average molecular weight is 866 g/mol. The van der Waals surface area contributed by atoms with Crippen LogP contribution in [0.15, 0.2) is 36.4 Å². The monoisotopic (exact) mass is 865 g/mol. The molecule has 5 aromatic rings. The standard InChI is InChI=1S/C40H35ClF7N5O5S/c1-38(2,55)9-8-29-31(58-4)16-25(24-6-7-28(41)33-30(18-59(5,56)57)50-52(3)35(24)33)34(49-29)20(10-19-11-21(42)14-22(43)12-19)13-23(54)17-53-37-32(36(51-53)40(46,47)48)26-15-27(26)39(37,44)45/h6-7,11-12,14,16,20,26-27,55H,10,13,15,17-18H2,1-5H3/t20-,26+,27-/m1/s1. The van der Waals surface area contributed by atoms with Gasteiger partial charge in [0, 0.05) is 59.7 Å². The topological polar surface area (TPSA) is 129 Å². The van der Waals surface area contributed by atoms with Crippen molar-refractivity contribution >= 4 is 38.1 Å². The summed E-state index contributed by atoms with van der Waals surface area (Å²) in [6.07, 6.45) is -5.15. The van der Waals surface area contributed by atoms with Crippen LogP contribution in [0.25, 0.3) is 22.0 Å². The Morgan fingerprint density at radius 3 is 2.39 bits per heavy atom. The van der Waals surface area contributed by atoms with E-state index in [0.717, 1.165) is 18.4 Å². The lowest BCUT2D eigenvalue weighted by Crippen LogP contribution is -2.24. The largest absolute Gasteiger partial charge is 0.494 e. The van der Waals surface area contributed by atoms with Gasteiger partial charge in [-0.1, -0.05) is 23.6 Å². The Balaban J connectivity index is 1.43. The highest BCUT2D eigenvalue weighted by atomic mass is 35.5. The lowest BCUT2D eigenvalue weighted by atomic mass is 9.86. The van der Waals surface area contributed by atoms with Crippen molar-refractivity contribution in [1.29, 1.82) is 0 Å². The first-order valence-corrected chi connectivity index (χ1v) is 20.5. The number of aryl methyl sites for hydroxylation is 1. The molecule has 2 aliphatic rings. The number of rotatable bonds is 11. The van der Waals surface area contributed by atoms with E-state index >= 15 is 8.78 Å². The molecule has 0 aliphatic heterocycles. The maximum Gasteiger partial charge on any atom is 0.435 e. The van der Waals surface area contributed by atoms with Gasteiger partial charge in [-0.15, -0.1) is 0 Å². The molecule has 10 nitrogen and oxygen atoms in total. The van der Waals surface area contributed by atoms with Gasteiger partial charge in [0.15, 0.2) is 32.8 Å². The zero-order valence-corrected chi connectivity index (χ0v) is 33.6. The summed E-state index contributed by atoms with van der Waals surface area (Å²) in [5.41, 5.74) is -3.63. The Morgan fingerprint density at radius 2 is 1.78 bits per heavy atom. The van der Waals surface area contributed by atoms with Gasteiger partial charge >= 0.3 is 6.18 Å². The number of carbonyl (C=O) groups is 1. The number of carbonyl (C=O) groups excluding carboxylic acids is 1. The Labute approximate surface area is 338 Å². The van der Waals surface area contributed by atoms with Crippen molar-refractivity contribution in [3.8, 4) is 28.7 Å². The van der Waals surface area contributed by atoms with Crippen LogP contribution in [0.1, 0.15) is 78.1 Å². The van der Waals surface area contributed by atoms with Crippen LogP contribution in [0.5, 0.6) is 5.75 Å². The van der Waals surface area contributed by atoms with Gasteiger partial charge in [0.2, 0.25) is 0 Å². The summed E-state index contributed by atoms with van der Waals surface area (Å²) in [6.45, 7) is 1.82. The number of ketones is 1. The molecule has 7 rings (SSSR count). The number of benzene rings is 2. The first-order chi connectivity index (χ1) is 27.4. The number of nitrogens with zero attached hydrogens (tertiary/aromatic N) is 5. The van der Waals surface area contributed by atoms with Crippen LogP contribution < -0.4 is 4.74 Å². The number of aliphatic hydroxyl groups is 1. The summed E-state index contributed by atoms with van der Waals surface area (Å²) < 4.78 is 135. The van der Waals surface area contributed by atoms with Crippen molar-refractivity contribution in [1.82, 2.24) is 24.5 Å². The lowest BCUT2D eigenvalue weighted by Gasteiger charge is -2.22. The quantitative estimate of drug-likeness (QED) is 0.106. The van der Waals surface area contributed by atoms with E-state index in [9.17, 15) is 40.3 Å². The Kier molecular flexibility index (Phi) is 10.4. The molecule has 0 spiro atoms. The number of Topliss-reactive ketones (excluding diaryl/α,β-unsaturated/α-hetero) is 1.